The number of aromatic nitrogens is 1. The summed E-state index contributed by atoms with van der Waals surface area (Å²) in [4.78, 5) is 31.2. The summed E-state index contributed by atoms with van der Waals surface area (Å²) in [6.07, 6.45) is 0. The first-order chi connectivity index (χ1) is 14.3. The molecule has 30 heavy (non-hydrogen) atoms. The number of rotatable bonds is 5. The minimum Gasteiger partial charge on any atom is -0.503 e. The third-order valence-electron chi connectivity index (χ3n) is 5.55. The predicted molar refractivity (Wildman–Crippen MR) is 116 cm³/mol. The van der Waals surface area contributed by atoms with E-state index in [4.69, 9.17) is 4.74 Å². The zero-order valence-electron chi connectivity index (χ0n) is 17.4. The average molecular weight is 404 g/mol. The lowest BCUT2D eigenvalue weighted by molar-refractivity contribution is -0.119. The third kappa shape index (κ3) is 2.96. The highest BCUT2D eigenvalue weighted by atomic mass is 16.5. The number of nitrogens with one attached hydrogen (secondary N) is 1. The van der Waals surface area contributed by atoms with E-state index in [-0.39, 0.29) is 17.3 Å². The Morgan fingerprint density at radius 2 is 1.90 bits per heavy atom. The number of anilines is 1. The van der Waals surface area contributed by atoms with Gasteiger partial charge >= 0.3 is 0 Å². The van der Waals surface area contributed by atoms with E-state index in [2.05, 4.69) is 4.98 Å². The average Bonchev–Trinajstić information content (AvgIpc) is 3.20. The number of H-pyrrole nitrogens is 1. The fourth-order valence-corrected chi connectivity index (χ4v) is 4.12. The number of hydrogen-bond acceptors (Lipinski definition) is 4. The van der Waals surface area contributed by atoms with E-state index in [1.807, 2.05) is 31.2 Å². The van der Waals surface area contributed by atoms with Gasteiger partial charge in [-0.15, -0.1) is 0 Å². The van der Waals surface area contributed by atoms with Crippen LogP contribution in [0.4, 0.5) is 5.69 Å². The van der Waals surface area contributed by atoms with E-state index in [1.54, 1.807) is 45.2 Å². The molecule has 4 rings (SSSR count). The van der Waals surface area contributed by atoms with Gasteiger partial charge in [0.05, 0.1) is 18.7 Å². The van der Waals surface area contributed by atoms with Crippen LogP contribution in [0.3, 0.4) is 0 Å². The lowest BCUT2D eigenvalue weighted by atomic mass is 9.89. The summed E-state index contributed by atoms with van der Waals surface area (Å²) in [6, 6.07) is 14.1. The van der Waals surface area contributed by atoms with Crippen molar-refractivity contribution in [2.24, 2.45) is 5.92 Å². The number of aliphatic hydroxyl groups excluding tert-OH is 1. The van der Waals surface area contributed by atoms with Gasteiger partial charge in [-0.3, -0.25) is 14.5 Å². The van der Waals surface area contributed by atoms with E-state index in [0.29, 0.717) is 11.4 Å². The number of methoxy groups -OCH3 is 1. The van der Waals surface area contributed by atoms with Crippen molar-refractivity contribution < 1.29 is 19.4 Å². The molecule has 154 valence electrons. The van der Waals surface area contributed by atoms with Gasteiger partial charge in [0.1, 0.15) is 5.75 Å². The van der Waals surface area contributed by atoms with Gasteiger partial charge in [-0.05, 0) is 25.1 Å². The minimum absolute atomic E-state index is 0.130. The molecule has 0 saturated carbocycles. The van der Waals surface area contributed by atoms with Crippen LogP contribution in [0.2, 0.25) is 0 Å². The zero-order valence-corrected chi connectivity index (χ0v) is 17.4. The van der Waals surface area contributed by atoms with E-state index in [9.17, 15) is 14.7 Å². The number of carbonyl (C=O) groups is 2. The van der Waals surface area contributed by atoms with Crippen molar-refractivity contribution in [3.05, 3.63) is 71.1 Å². The van der Waals surface area contributed by atoms with Crippen molar-refractivity contribution >= 4 is 28.3 Å². The Bertz CT molecular complexity index is 1190. The Hall–Kier alpha value is -3.54. The topological polar surface area (TPSA) is 82.6 Å². The first-order valence-corrected chi connectivity index (χ1v) is 9.87. The Kier molecular flexibility index (Phi) is 4.86. The molecule has 2 aromatic carbocycles. The largest absolute Gasteiger partial charge is 0.503 e. The maximum Gasteiger partial charge on any atom is 0.294 e. The zero-order chi connectivity index (χ0) is 21.6. The van der Waals surface area contributed by atoms with Crippen LogP contribution in [0.5, 0.6) is 5.75 Å². The molecule has 2 heterocycles. The quantitative estimate of drug-likeness (QED) is 0.651. The summed E-state index contributed by atoms with van der Waals surface area (Å²) in [5.74, 6) is -1.12. The molecule has 2 N–H and O–H groups in total. The first-order valence-electron chi connectivity index (χ1n) is 9.87. The van der Waals surface area contributed by atoms with Crippen LogP contribution in [0.1, 0.15) is 31.1 Å². The number of ether oxygens (including phenoxy) is 1. The van der Waals surface area contributed by atoms with Crippen LogP contribution in [0.15, 0.2) is 59.9 Å². The number of aryl methyl sites for hydroxylation is 1. The highest BCUT2D eigenvalue weighted by molar-refractivity contribution is 6.17. The van der Waals surface area contributed by atoms with Crippen LogP contribution in [-0.2, 0) is 9.59 Å². The van der Waals surface area contributed by atoms with Gasteiger partial charge in [-0.1, -0.05) is 38.1 Å². The van der Waals surface area contributed by atoms with Gasteiger partial charge in [0, 0.05) is 39.8 Å². The second-order valence-corrected chi connectivity index (χ2v) is 7.77. The molecule has 1 aliphatic heterocycles. The lowest BCUT2D eigenvalue weighted by Crippen LogP contribution is -2.31. The molecule has 1 unspecified atom stereocenters. The summed E-state index contributed by atoms with van der Waals surface area (Å²) >= 11 is 0. The third-order valence-corrected chi connectivity index (χ3v) is 5.55. The normalized spacial score (nSPS) is 16.8. The molecule has 1 amide bonds. The number of aromatic amines is 1. The number of nitrogens with zero attached hydrogens (tertiary/aromatic N) is 1. The first kappa shape index (κ1) is 19.8. The summed E-state index contributed by atoms with van der Waals surface area (Å²) in [7, 11) is 1.55. The second kappa shape index (κ2) is 7.37. The molecule has 0 radical (unpaired) electrons. The molecule has 0 fully saturated rings. The van der Waals surface area contributed by atoms with Gasteiger partial charge in [-0.2, -0.15) is 0 Å². The number of fused-ring (bicyclic) bond motifs is 1. The maximum absolute atomic E-state index is 13.2. The molecule has 1 aromatic heterocycles. The maximum atomic E-state index is 13.2. The minimum atomic E-state index is -0.740. The van der Waals surface area contributed by atoms with Gasteiger partial charge in [0.15, 0.2) is 11.5 Å². The number of aliphatic hydroxyl groups is 1. The molecular weight excluding hydrogens is 380 g/mol. The van der Waals surface area contributed by atoms with Crippen molar-refractivity contribution in [1.82, 2.24) is 4.98 Å². The van der Waals surface area contributed by atoms with Crippen LogP contribution < -0.4 is 9.64 Å². The highest BCUT2D eigenvalue weighted by Gasteiger charge is 2.46. The van der Waals surface area contributed by atoms with Gasteiger partial charge in [-0.25, -0.2) is 0 Å². The molecular formula is C24H24N2O4. The van der Waals surface area contributed by atoms with Crippen molar-refractivity contribution in [3.63, 3.8) is 0 Å². The molecule has 6 nitrogen and oxygen atoms in total. The van der Waals surface area contributed by atoms with Crippen LogP contribution in [0, 0.1) is 12.8 Å². The van der Waals surface area contributed by atoms with Crippen LogP contribution in [-0.4, -0.2) is 28.9 Å². The predicted octanol–water partition coefficient (Wildman–Crippen LogP) is 4.61. The van der Waals surface area contributed by atoms with E-state index in [0.717, 1.165) is 22.2 Å². The summed E-state index contributed by atoms with van der Waals surface area (Å²) in [6.45, 7) is 5.44. The summed E-state index contributed by atoms with van der Waals surface area (Å²) in [5.41, 5.74) is 3.23. The SMILES string of the molecule is COc1cccc(N2C(=O)C(O)=C(C(=O)C(C)C)C2c2c(C)[nH]c3ccccc23)c1. The van der Waals surface area contributed by atoms with Crippen LogP contribution in [0.25, 0.3) is 10.9 Å². The number of amides is 1. The van der Waals surface area contributed by atoms with Crippen molar-refractivity contribution in [3.8, 4) is 5.75 Å². The fraction of sp³-hybridized carbons (Fsp3) is 0.250. The van der Waals surface area contributed by atoms with Gasteiger partial charge < -0.3 is 14.8 Å². The number of benzene rings is 2. The van der Waals surface area contributed by atoms with E-state index in [1.165, 1.54) is 4.90 Å². The Balaban J connectivity index is 2.00. The fourth-order valence-electron chi connectivity index (χ4n) is 4.12. The molecule has 0 aliphatic carbocycles. The monoisotopic (exact) mass is 404 g/mol. The van der Waals surface area contributed by atoms with E-state index < -0.39 is 17.7 Å². The number of para-hydroxylation sites is 1. The van der Waals surface area contributed by atoms with Crippen molar-refractivity contribution in [2.45, 2.75) is 26.8 Å². The van der Waals surface area contributed by atoms with Crippen molar-refractivity contribution in [1.29, 1.82) is 0 Å². The van der Waals surface area contributed by atoms with Crippen LogP contribution >= 0.6 is 0 Å². The van der Waals surface area contributed by atoms with Gasteiger partial charge in [0.2, 0.25) is 0 Å². The molecule has 6 heteroatoms. The number of Topliss-reactive ketones (excluding diaryl/α,β-unsaturated/α-hetero) is 1. The number of ketones is 1. The van der Waals surface area contributed by atoms with E-state index >= 15 is 0 Å². The molecule has 3 aromatic rings. The Morgan fingerprint density at radius 1 is 1.17 bits per heavy atom. The molecule has 1 atom stereocenters. The Morgan fingerprint density at radius 3 is 2.60 bits per heavy atom. The smallest absolute Gasteiger partial charge is 0.294 e. The Labute approximate surface area is 174 Å². The molecule has 0 bridgehead atoms. The molecule has 1 aliphatic rings. The van der Waals surface area contributed by atoms with Gasteiger partial charge in [0.25, 0.3) is 5.91 Å². The highest BCUT2D eigenvalue weighted by Crippen LogP contribution is 2.45. The lowest BCUT2D eigenvalue weighted by Gasteiger charge is -2.28. The molecule has 0 spiro atoms. The number of carbonyl (C=O) groups excluding carboxylic acids is 2. The summed E-state index contributed by atoms with van der Waals surface area (Å²) in [5, 5.41) is 11.7. The summed E-state index contributed by atoms with van der Waals surface area (Å²) < 4.78 is 5.32. The number of hydrogen-bond donors (Lipinski definition) is 2. The molecule has 0 saturated heterocycles. The standard InChI is InChI=1S/C24H24N2O4/c1-13(2)22(27)20-21(19-14(3)25-18-11-6-5-10-17(18)19)26(24(29)23(20)28)15-8-7-9-16(12-15)30-4/h5-13,21,25,28H,1-4H3. The van der Waals surface area contributed by atoms with Crippen molar-refractivity contribution in [2.75, 3.05) is 12.0 Å². The second-order valence-electron chi connectivity index (χ2n) is 7.77.